The number of halogens is 1. The third-order valence-corrected chi connectivity index (χ3v) is 5.24. The number of benzene rings is 3. The number of hydrogen-bond donors (Lipinski definition) is 1. The normalized spacial score (nSPS) is 11.1. The monoisotopic (exact) mass is 478 g/mol. The van der Waals surface area contributed by atoms with E-state index in [1.54, 1.807) is 10.9 Å². The largest absolute Gasteiger partial charge is 0.488 e. The molecule has 3 aromatic carbocycles. The molecular weight excluding hydrogens is 460 g/mol. The number of aryl methyl sites for hydroxylation is 1. The van der Waals surface area contributed by atoms with E-state index in [1.807, 2.05) is 48.5 Å². The van der Waals surface area contributed by atoms with Gasteiger partial charge in [0.05, 0.1) is 6.21 Å². The predicted octanol–water partition coefficient (Wildman–Crippen LogP) is 6.14. The summed E-state index contributed by atoms with van der Waals surface area (Å²) < 4.78 is 9.02. The number of aromatic amines is 1. The minimum atomic E-state index is 0.419. The Morgan fingerprint density at radius 1 is 1.10 bits per heavy atom. The fourth-order valence-electron chi connectivity index (χ4n) is 2.89. The zero-order chi connectivity index (χ0) is 20.9. The molecule has 0 aliphatic rings. The number of nitrogens with one attached hydrogen (secondary N) is 1. The third kappa shape index (κ3) is 4.75. The lowest BCUT2D eigenvalue weighted by molar-refractivity contribution is 0.305. The second kappa shape index (κ2) is 9.19. The SMILES string of the molecule is Cc1ccc(COc2ccc(Br)cc2/C=N\n2c(-c3ccccc3)n[nH]c2=S)cc1. The van der Waals surface area contributed by atoms with Crippen molar-refractivity contribution in [2.45, 2.75) is 13.5 Å². The maximum atomic E-state index is 6.06. The first-order valence-electron chi connectivity index (χ1n) is 9.35. The first kappa shape index (κ1) is 20.3. The number of aromatic nitrogens is 3. The van der Waals surface area contributed by atoms with Crippen LogP contribution in [0.5, 0.6) is 5.75 Å². The van der Waals surface area contributed by atoms with Crippen molar-refractivity contribution < 1.29 is 4.74 Å². The summed E-state index contributed by atoms with van der Waals surface area (Å²) in [7, 11) is 0. The van der Waals surface area contributed by atoms with Gasteiger partial charge in [-0.3, -0.25) is 0 Å². The highest BCUT2D eigenvalue weighted by molar-refractivity contribution is 9.10. The molecule has 0 saturated carbocycles. The summed E-state index contributed by atoms with van der Waals surface area (Å²) in [6.45, 7) is 2.54. The van der Waals surface area contributed by atoms with E-state index in [9.17, 15) is 0 Å². The lowest BCUT2D eigenvalue weighted by Crippen LogP contribution is -2.00. The summed E-state index contributed by atoms with van der Waals surface area (Å²) in [5, 5.41) is 11.7. The van der Waals surface area contributed by atoms with Gasteiger partial charge < -0.3 is 4.74 Å². The van der Waals surface area contributed by atoms with Crippen LogP contribution in [0.2, 0.25) is 0 Å². The van der Waals surface area contributed by atoms with Crippen LogP contribution in [0, 0.1) is 11.7 Å². The van der Waals surface area contributed by atoms with Crippen LogP contribution in [0.15, 0.2) is 82.4 Å². The molecule has 1 aromatic heterocycles. The number of hydrogen-bond acceptors (Lipinski definition) is 4. The molecule has 0 radical (unpaired) electrons. The molecule has 5 nitrogen and oxygen atoms in total. The molecule has 0 amide bonds. The lowest BCUT2D eigenvalue weighted by atomic mass is 10.1. The number of ether oxygens (including phenoxy) is 1. The van der Waals surface area contributed by atoms with Crippen LogP contribution >= 0.6 is 28.1 Å². The van der Waals surface area contributed by atoms with Gasteiger partial charge in [0.15, 0.2) is 5.82 Å². The van der Waals surface area contributed by atoms with Gasteiger partial charge in [0.1, 0.15) is 12.4 Å². The van der Waals surface area contributed by atoms with Gasteiger partial charge in [-0.2, -0.15) is 14.9 Å². The molecule has 7 heteroatoms. The van der Waals surface area contributed by atoms with Crippen molar-refractivity contribution in [3.63, 3.8) is 0 Å². The van der Waals surface area contributed by atoms with E-state index >= 15 is 0 Å². The van der Waals surface area contributed by atoms with Gasteiger partial charge >= 0.3 is 0 Å². The van der Waals surface area contributed by atoms with Crippen LogP contribution in [0.3, 0.4) is 0 Å². The summed E-state index contributed by atoms with van der Waals surface area (Å²) in [6, 6.07) is 23.9. The van der Waals surface area contributed by atoms with E-state index in [1.165, 1.54) is 5.56 Å². The van der Waals surface area contributed by atoms with Gasteiger partial charge in [-0.25, -0.2) is 5.10 Å². The number of rotatable bonds is 6. The maximum absolute atomic E-state index is 6.06. The van der Waals surface area contributed by atoms with Gasteiger partial charge in [0.2, 0.25) is 4.77 Å². The summed E-state index contributed by atoms with van der Waals surface area (Å²) in [5.74, 6) is 1.38. The molecule has 0 atom stereocenters. The first-order valence-corrected chi connectivity index (χ1v) is 10.6. The van der Waals surface area contributed by atoms with Gasteiger partial charge in [0, 0.05) is 15.6 Å². The smallest absolute Gasteiger partial charge is 0.216 e. The molecule has 0 spiro atoms. The third-order valence-electron chi connectivity index (χ3n) is 4.48. The number of H-pyrrole nitrogens is 1. The maximum Gasteiger partial charge on any atom is 0.216 e. The van der Waals surface area contributed by atoms with Crippen LogP contribution in [0.4, 0.5) is 0 Å². The molecule has 0 aliphatic heterocycles. The van der Waals surface area contributed by atoms with Crippen molar-refractivity contribution in [1.29, 1.82) is 0 Å². The van der Waals surface area contributed by atoms with Gasteiger partial charge in [-0.1, -0.05) is 76.1 Å². The Labute approximate surface area is 188 Å². The van der Waals surface area contributed by atoms with Gasteiger partial charge in [0.25, 0.3) is 0 Å². The Kier molecular flexibility index (Phi) is 6.21. The highest BCUT2D eigenvalue weighted by Gasteiger charge is 2.08. The average molecular weight is 479 g/mol. The van der Waals surface area contributed by atoms with Crippen LogP contribution in [-0.4, -0.2) is 21.1 Å². The fourth-order valence-corrected chi connectivity index (χ4v) is 3.45. The molecule has 0 bridgehead atoms. The Balaban J connectivity index is 1.61. The van der Waals surface area contributed by atoms with E-state index in [0.717, 1.165) is 26.9 Å². The minimum Gasteiger partial charge on any atom is -0.488 e. The summed E-state index contributed by atoms with van der Waals surface area (Å²) in [6.07, 6.45) is 1.73. The van der Waals surface area contributed by atoms with Crippen LogP contribution in [0.25, 0.3) is 11.4 Å². The molecule has 1 N–H and O–H groups in total. The summed E-state index contributed by atoms with van der Waals surface area (Å²) in [5.41, 5.74) is 4.09. The Morgan fingerprint density at radius 3 is 2.63 bits per heavy atom. The fraction of sp³-hybridized carbons (Fsp3) is 0.0870. The zero-order valence-electron chi connectivity index (χ0n) is 16.2. The van der Waals surface area contributed by atoms with E-state index in [0.29, 0.717) is 17.2 Å². The predicted molar refractivity (Wildman–Crippen MR) is 125 cm³/mol. The van der Waals surface area contributed by atoms with Gasteiger partial charge in [-0.05, 0) is 42.9 Å². The van der Waals surface area contributed by atoms with E-state index in [-0.39, 0.29) is 0 Å². The topological polar surface area (TPSA) is 55.2 Å². The average Bonchev–Trinajstić information content (AvgIpc) is 3.13. The quantitative estimate of drug-likeness (QED) is 0.267. The van der Waals surface area contributed by atoms with Crippen LogP contribution in [-0.2, 0) is 6.61 Å². The van der Waals surface area contributed by atoms with Crippen molar-refractivity contribution in [3.8, 4) is 17.1 Å². The minimum absolute atomic E-state index is 0.419. The molecule has 0 saturated heterocycles. The van der Waals surface area contributed by atoms with Crippen LogP contribution < -0.4 is 4.74 Å². The second-order valence-corrected chi connectivity index (χ2v) is 8.03. The van der Waals surface area contributed by atoms with Crippen molar-refractivity contribution in [2.75, 3.05) is 0 Å². The Bertz CT molecular complexity index is 1230. The standard InChI is InChI=1S/C23H19BrN4OS/c1-16-7-9-17(10-8-16)15-29-21-12-11-20(24)13-19(21)14-25-28-22(26-27-23(28)30)18-5-3-2-4-6-18/h2-14H,15H2,1H3,(H,27,30)/b25-14-. The molecule has 0 aliphatic carbocycles. The van der Waals surface area contributed by atoms with E-state index < -0.39 is 0 Å². The molecule has 0 unspecified atom stereocenters. The highest BCUT2D eigenvalue weighted by Crippen LogP contribution is 2.24. The Hall–Kier alpha value is -3.03. The van der Waals surface area contributed by atoms with Crippen LogP contribution in [0.1, 0.15) is 16.7 Å². The molecule has 0 fully saturated rings. The molecule has 150 valence electrons. The van der Waals surface area contributed by atoms with Crippen molar-refractivity contribution in [1.82, 2.24) is 14.9 Å². The highest BCUT2D eigenvalue weighted by atomic mass is 79.9. The first-order chi connectivity index (χ1) is 14.6. The van der Waals surface area contributed by atoms with Gasteiger partial charge in [-0.15, -0.1) is 0 Å². The van der Waals surface area contributed by atoms with Crippen molar-refractivity contribution in [2.24, 2.45) is 5.10 Å². The zero-order valence-corrected chi connectivity index (χ0v) is 18.7. The second-order valence-electron chi connectivity index (χ2n) is 6.73. The molecule has 4 aromatic rings. The number of nitrogens with zero attached hydrogens (tertiary/aromatic N) is 3. The van der Waals surface area contributed by atoms with Crippen molar-refractivity contribution >= 4 is 34.4 Å². The molecule has 4 rings (SSSR count). The van der Waals surface area contributed by atoms with E-state index in [2.05, 4.69) is 62.4 Å². The molecule has 30 heavy (non-hydrogen) atoms. The van der Waals surface area contributed by atoms with E-state index in [4.69, 9.17) is 17.0 Å². The molecular formula is C23H19BrN4OS. The lowest BCUT2D eigenvalue weighted by Gasteiger charge is -2.10. The van der Waals surface area contributed by atoms with Crippen molar-refractivity contribution in [3.05, 3.63) is 98.7 Å². The summed E-state index contributed by atoms with van der Waals surface area (Å²) in [4.78, 5) is 0. The Morgan fingerprint density at radius 2 is 1.87 bits per heavy atom. The molecule has 1 heterocycles. The summed E-state index contributed by atoms with van der Waals surface area (Å²) >= 11 is 8.88.